The first kappa shape index (κ1) is 15.6. The Labute approximate surface area is 128 Å². The summed E-state index contributed by atoms with van der Waals surface area (Å²) in [5, 5.41) is 4.02. The Morgan fingerprint density at radius 2 is 2.05 bits per heavy atom. The smallest absolute Gasteiger partial charge is 0.240 e. The van der Waals surface area contributed by atoms with Gasteiger partial charge in [-0.2, -0.15) is 0 Å². The predicted octanol–water partition coefficient (Wildman–Crippen LogP) is 2.68. The minimum absolute atomic E-state index is 0.167. The number of carbonyl (C=O) groups is 1. The van der Waals surface area contributed by atoms with Gasteiger partial charge in [0.15, 0.2) is 0 Å². The molecule has 1 amide bonds. The summed E-state index contributed by atoms with van der Waals surface area (Å²) in [7, 11) is 0. The molecule has 6 heteroatoms. The summed E-state index contributed by atoms with van der Waals surface area (Å²) in [6.07, 6.45) is 1.06. The lowest BCUT2D eigenvalue weighted by Crippen LogP contribution is -2.57. The third-order valence-electron chi connectivity index (χ3n) is 3.61. The van der Waals surface area contributed by atoms with Crippen molar-refractivity contribution in [1.82, 2.24) is 5.32 Å². The molecule has 110 valence electrons. The van der Waals surface area contributed by atoms with E-state index in [4.69, 9.17) is 33.7 Å². The fraction of sp³-hybridized carbons (Fsp3) is 0.500. The summed E-state index contributed by atoms with van der Waals surface area (Å²) < 4.78 is 5.24. The Hall–Kier alpha value is -0.810. The van der Waals surface area contributed by atoms with Gasteiger partial charge in [-0.15, -0.1) is 0 Å². The SMILES string of the molecule is CC(NC(=O)C1(N)CCOCC1)c1ccc(Cl)cc1Cl. The van der Waals surface area contributed by atoms with Crippen LogP contribution < -0.4 is 11.1 Å². The van der Waals surface area contributed by atoms with Gasteiger partial charge in [0.25, 0.3) is 0 Å². The number of benzene rings is 1. The predicted molar refractivity (Wildman–Crippen MR) is 80.0 cm³/mol. The molecule has 1 unspecified atom stereocenters. The van der Waals surface area contributed by atoms with E-state index in [1.54, 1.807) is 12.1 Å². The van der Waals surface area contributed by atoms with Gasteiger partial charge in [0.2, 0.25) is 5.91 Å². The van der Waals surface area contributed by atoms with Crippen LogP contribution >= 0.6 is 23.2 Å². The fourth-order valence-corrected chi connectivity index (χ4v) is 2.81. The Balaban J connectivity index is 2.07. The van der Waals surface area contributed by atoms with E-state index in [-0.39, 0.29) is 11.9 Å². The van der Waals surface area contributed by atoms with E-state index in [1.807, 2.05) is 13.0 Å². The monoisotopic (exact) mass is 316 g/mol. The van der Waals surface area contributed by atoms with Gasteiger partial charge < -0.3 is 15.8 Å². The normalized spacial score (nSPS) is 19.4. The van der Waals surface area contributed by atoms with Crippen LogP contribution in [0, 0.1) is 0 Å². The average Bonchev–Trinajstić information content (AvgIpc) is 2.39. The zero-order chi connectivity index (χ0) is 14.8. The van der Waals surface area contributed by atoms with E-state index in [1.165, 1.54) is 0 Å². The largest absolute Gasteiger partial charge is 0.381 e. The van der Waals surface area contributed by atoms with Gasteiger partial charge in [-0.05, 0) is 37.5 Å². The van der Waals surface area contributed by atoms with E-state index in [9.17, 15) is 4.79 Å². The zero-order valence-electron chi connectivity index (χ0n) is 11.3. The minimum Gasteiger partial charge on any atom is -0.381 e. The third kappa shape index (κ3) is 3.44. The maximum atomic E-state index is 12.3. The quantitative estimate of drug-likeness (QED) is 0.901. The van der Waals surface area contributed by atoms with Crippen LogP contribution in [-0.2, 0) is 9.53 Å². The molecule has 0 aliphatic carbocycles. The first-order chi connectivity index (χ1) is 9.42. The van der Waals surface area contributed by atoms with E-state index < -0.39 is 5.54 Å². The molecule has 1 atom stereocenters. The van der Waals surface area contributed by atoms with Gasteiger partial charge in [0.1, 0.15) is 0 Å². The highest BCUT2D eigenvalue weighted by molar-refractivity contribution is 6.35. The van der Waals surface area contributed by atoms with E-state index >= 15 is 0 Å². The highest BCUT2D eigenvalue weighted by atomic mass is 35.5. The molecule has 0 spiro atoms. The lowest BCUT2D eigenvalue weighted by atomic mass is 9.90. The highest BCUT2D eigenvalue weighted by Crippen LogP contribution is 2.27. The van der Waals surface area contributed by atoms with Crippen molar-refractivity contribution >= 4 is 29.1 Å². The van der Waals surface area contributed by atoms with Crippen LogP contribution in [0.1, 0.15) is 31.4 Å². The molecule has 1 aliphatic rings. The Bertz CT molecular complexity index is 502. The van der Waals surface area contributed by atoms with Crippen molar-refractivity contribution in [2.75, 3.05) is 13.2 Å². The number of halogens is 2. The van der Waals surface area contributed by atoms with Crippen molar-refractivity contribution in [3.05, 3.63) is 33.8 Å². The van der Waals surface area contributed by atoms with Crippen molar-refractivity contribution in [2.45, 2.75) is 31.3 Å². The van der Waals surface area contributed by atoms with Crippen molar-refractivity contribution in [3.8, 4) is 0 Å². The molecule has 1 heterocycles. The maximum absolute atomic E-state index is 12.3. The second-order valence-corrected chi connectivity index (χ2v) is 5.97. The van der Waals surface area contributed by atoms with Gasteiger partial charge >= 0.3 is 0 Å². The van der Waals surface area contributed by atoms with Crippen LogP contribution in [-0.4, -0.2) is 24.7 Å². The van der Waals surface area contributed by atoms with Crippen LogP contribution in [0.4, 0.5) is 0 Å². The van der Waals surface area contributed by atoms with E-state index in [0.717, 1.165) is 5.56 Å². The number of hydrogen-bond donors (Lipinski definition) is 2. The van der Waals surface area contributed by atoms with Crippen LogP contribution in [0.25, 0.3) is 0 Å². The average molecular weight is 317 g/mol. The molecule has 1 aromatic carbocycles. The molecule has 0 aromatic heterocycles. The summed E-state index contributed by atoms with van der Waals surface area (Å²) >= 11 is 12.0. The van der Waals surface area contributed by atoms with E-state index in [0.29, 0.717) is 36.1 Å². The van der Waals surface area contributed by atoms with Crippen LogP contribution in [0.15, 0.2) is 18.2 Å². The molecule has 20 heavy (non-hydrogen) atoms. The highest BCUT2D eigenvalue weighted by Gasteiger charge is 2.36. The molecule has 0 bridgehead atoms. The minimum atomic E-state index is -0.856. The first-order valence-corrected chi connectivity index (χ1v) is 7.30. The van der Waals surface area contributed by atoms with Crippen molar-refractivity contribution < 1.29 is 9.53 Å². The second-order valence-electron chi connectivity index (χ2n) is 5.13. The molecule has 0 saturated carbocycles. The van der Waals surface area contributed by atoms with Gasteiger partial charge in [0, 0.05) is 23.3 Å². The van der Waals surface area contributed by atoms with Crippen molar-refractivity contribution in [3.63, 3.8) is 0 Å². The third-order valence-corrected chi connectivity index (χ3v) is 4.18. The van der Waals surface area contributed by atoms with Gasteiger partial charge in [-0.3, -0.25) is 4.79 Å². The first-order valence-electron chi connectivity index (χ1n) is 6.55. The standard InChI is InChI=1S/C14H18Cl2N2O2/c1-9(11-3-2-10(15)8-12(11)16)18-13(19)14(17)4-6-20-7-5-14/h2-3,8-9H,4-7,17H2,1H3,(H,18,19). The van der Waals surface area contributed by atoms with Crippen molar-refractivity contribution in [1.29, 1.82) is 0 Å². The molecule has 1 fully saturated rings. The molecule has 1 aliphatic heterocycles. The molecule has 1 aromatic rings. The Morgan fingerprint density at radius 1 is 1.40 bits per heavy atom. The van der Waals surface area contributed by atoms with Crippen molar-refractivity contribution in [2.24, 2.45) is 5.73 Å². The lowest BCUT2D eigenvalue weighted by Gasteiger charge is -2.33. The summed E-state index contributed by atoms with van der Waals surface area (Å²) in [5.74, 6) is -0.167. The molecule has 4 nitrogen and oxygen atoms in total. The number of ether oxygens (including phenoxy) is 1. The zero-order valence-corrected chi connectivity index (χ0v) is 12.8. The van der Waals surface area contributed by atoms with Gasteiger partial charge in [-0.1, -0.05) is 29.3 Å². The van der Waals surface area contributed by atoms with Gasteiger partial charge in [0.05, 0.1) is 11.6 Å². The number of amides is 1. The molecule has 0 radical (unpaired) electrons. The summed E-state index contributed by atoms with van der Waals surface area (Å²) in [4.78, 5) is 12.3. The number of nitrogens with one attached hydrogen (secondary N) is 1. The van der Waals surface area contributed by atoms with Crippen LogP contribution in [0.3, 0.4) is 0 Å². The number of carbonyl (C=O) groups excluding carboxylic acids is 1. The molecule has 2 rings (SSSR count). The number of hydrogen-bond acceptors (Lipinski definition) is 3. The van der Waals surface area contributed by atoms with Crippen LogP contribution in [0.5, 0.6) is 0 Å². The Morgan fingerprint density at radius 3 is 2.65 bits per heavy atom. The summed E-state index contributed by atoms with van der Waals surface area (Å²) in [5.41, 5.74) is 6.11. The lowest BCUT2D eigenvalue weighted by molar-refractivity contribution is -0.130. The second kappa shape index (κ2) is 6.31. The molecular formula is C14H18Cl2N2O2. The summed E-state index contributed by atoms with van der Waals surface area (Å²) in [6.45, 7) is 2.90. The van der Waals surface area contributed by atoms with E-state index in [2.05, 4.69) is 5.32 Å². The topological polar surface area (TPSA) is 64.4 Å². The molecule has 3 N–H and O–H groups in total. The number of rotatable bonds is 3. The fourth-order valence-electron chi connectivity index (χ4n) is 2.23. The Kier molecular flexibility index (Phi) is 4.91. The molecule has 1 saturated heterocycles. The van der Waals surface area contributed by atoms with Crippen LogP contribution in [0.2, 0.25) is 10.0 Å². The van der Waals surface area contributed by atoms with Gasteiger partial charge in [-0.25, -0.2) is 0 Å². The summed E-state index contributed by atoms with van der Waals surface area (Å²) in [6, 6.07) is 4.99. The molecular weight excluding hydrogens is 299 g/mol. The number of nitrogens with two attached hydrogens (primary N) is 1. The maximum Gasteiger partial charge on any atom is 0.240 e.